The van der Waals surface area contributed by atoms with Gasteiger partial charge in [-0.2, -0.15) is 0 Å². The normalized spacial score (nSPS) is 19.6. The van der Waals surface area contributed by atoms with Crippen LogP contribution in [0.25, 0.3) is 0 Å². The SMILES string of the molecule is C[C@H](Cc1c(F)cc(C2CCC(CCc3ccc(F)cc3)CC2)cc1F)c1ccccc1. The highest BCUT2D eigenvalue weighted by Gasteiger charge is 2.24. The first kappa shape index (κ1) is 22.6. The molecule has 3 heteroatoms. The largest absolute Gasteiger partial charge is 0.207 e. The maximum absolute atomic E-state index is 14.9. The van der Waals surface area contributed by atoms with E-state index in [-0.39, 0.29) is 23.2 Å². The lowest BCUT2D eigenvalue weighted by atomic mass is 9.76. The van der Waals surface area contributed by atoms with Crippen LogP contribution in [0.5, 0.6) is 0 Å². The summed E-state index contributed by atoms with van der Waals surface area (Å²) in [5.41, 5.74) is 3.25. The van der Waals surface area contributed by atoms with Crippen LogP contribution in [-0.4, -0.2) is 0 Å². The Morgan fingerprint density at radius 3 is 2.06 bits per heavy atom. The van der Waals surface area contributed by atoms with Gasteiger partial charge >= 0.3 is 0 Å². The molecule has 0 nitrogen and oxygen atoms in total. The Morgan fingerprint density at radius 1 is 0.812 bits per heavy atom. The van der Waals surface area contributed by atoms with Crippen molar-refractivity contribution < 1.29 is 13.2 Å². The van der Waals surface area contributed by atoms with E-state index in [4.69, 9.17) is 0 Å². The highest BCUT2D eigenvalue weighted by Crippen LogP contribution is 2.38. The second kappa shape index (κ2) is 10.4. The maximum atomic E-state index is 14.9. The molecule has 1 atom stereocenters. The predicted molar refractivity (Wildman–Crippen MR) is 124 cm³/mol. The van der Waals surface area contributed by atoms with Crippen molar-refractivity contribution >= 4 is 0 Å². The summed E-state index contributed by atoms with van der Waals surface area (Å²) in [6, 6.07) is 19.7. The van der Waals surface area contributed by atoms with Crippen LogP contribution in [0.2, 0.25) is 0 Å². The number of rotatable bonds is 7. The third-order valence-corrected chi connectivity index (χ3v) is 7.11. The number of aryl methyl sites for hydroxylation is 1. The molecule has 0 spiro atoms. The van der Waals surface area contributed by atoms with Crippen LogP contribution in [0.15, 0.2) is 66.7 Å². The first-order valence-corrected chi connectivity index (χ1v) is 11.8. The van der Waals surface area contributed by atoms with Gasteiger partial charge in [-0.3, -0.25) is 0 Å². The summed E-state index contributed by atoms with van der Waals surface area (Å²) in [6.45, 7) is 2.01. The molecule has 0 unspecified atom stereocenters. The topological polar surface area (TPSA) is 0 Å². The summed E-state index contributed by atoms with van der Waals surface area (Å²) in [5, 5.41) is 0. The van der Waals surface area contributed by atoms with E-state index in [9.17, 15) is 13.2 Å². The Labute approximate surface area is 189 Å². The number of benzene rings is 3. The van der Waals surface area contributed by atoms with Crippen LogP contribution < -0.4 is 0 Å². The minimum atomic E-state index is -0.416. The highest BCUT2D eigenvalue weighted by atomic mass is 19.1. The lowest BCUT2D eigenvalue weighted by molar-refractivity contribution is 0.309. The predicted octanol–water partition coefficient (Wildman–Crippen LogP) is 8.36. The Hall–Kier alpha value is -2.55. The molecule has 0 aliphatic heterocycles. The molecule has 32 heavy (non-hydrogen) atoms. The van der Waals surface area contributed by atoms with Gasteiger partial charge in [0.1, 0.15) is 17.5 Å². The zero-order valence-corrected chi connectivity index (χ0v) is 18.7. The van der Waals surface area contributed by atoms with Crippen LogP contribution in [0.4, 0.5) is 13.2 Å². The molecule has 3 aromatic rings. The fraction of sp³-hybridized carbons (Fsp3) is 0.379. The van der Waals surface area contributed by atoms with Crippen molar-refractivity contribution in [3.63, 3.8) is 0 Å². The Kier molecular flexibility index (Phi) is 7.34. The molecule has 0 radical (unpaired) electrons. The van der Waals surface area contributed by atoms with Crippen molar-refractivity contribution in [2.24, 2.45) is 5.92 Å². The van der Waals surface area contributed by atoms with Gasteiger partial charge in [-0.15, -0.1) is 0 Å². The van der Waals surface area contributed by atoms with Crippen molar-refractivity contribution in [1.29, 1.82) is 0 Å². The minimum absolute atomic E-state index is 0.0580. The van der Waals surface area contributed by atoms with E-state index in [1.165, 1.54) is 12.1 Å². The van der Waals surface area contributed by atoms with E-state index in [2.05, 4.69) is 0 Å². The highest BCUT2D eigenvalue weighted by molar-refractivity contribution is 5.31. The first-order chi connectivity index (χ1) is 15.5. The summed E-state index contributed by atoms with van der Waals surface area (Å²) < 4.78 is 42.8. The lowest BCUT2D eigenvalue weighted by Gasteiger charge is -2.29. The van der Waals surface area contributed by atoms with Crippen LogP contribution in [0, 0.1) is 23.4 Å². The van der Waals surface area contributed by atoms with Crippen molar-refractivity contribution in [2.75, 3.05) is 0 Å². The van der Waals surface area contributed by atoms with Crippen LogP contribution in [0.1, 0.15) is 73.1 Å². The second-order valence-corrected chi connectivity index (χ2v) is 9.36. The molecule has 1 saturated carbocycles. The summed E-state index contributed by atoms with van der Waals surface area (Å²) in [5.74, 6) is -0.127. The quantitative estimate of drug-likeness (QED) is 0.349. The van der Waals surface area contributed by atoms with Gasteiger partial charge in [0, 0.05) is 5.56 Å². The van der Waals surface area contributed by atoms with Crippen LogP contribution in [-0.2, 0) is 12.8 Å². The van der Waals surface area contributed by atoms with E-state index in [0.717, 1.165) is 55.2 Å². The molecule has 0 amide bonds. The van der Waals surface area contributed by atoms with Crippen molar-refractivity contribution in [3.8, 4) is 0 Å². The molecule has 1 aliphatic carbocycles. The molecular weight excluding hydrogens is 405 g/mol. The fourth-order valence-electron chi connectivity index (χ4n) is 5.07. The number of hydrogen-bond donors (Lipinski definition) is 0. The summed E-state index contributed by atoms with van der Waals surface area (Å²) in [6.07, 6.45) is 6.46. The molecule has 1 aliphatic rings. The van der Waals surface area contributed by atoms with Gasteiger partial charge in [0.25, 0.3) is 0 Å². The molecule has 0 aromatic heterocycles. The minimum Gasteiger partial charge on any atom is -0.207 e. The molecule has 0 saturated heterocycles. The third kappa shape index (κ3) is 5.62. The zero-order chi connectivity index (χ0) is 22.5. The second-order valence-electron chi connectivity index (χ2n) is 9.36. The van der Waals surface area contributed by atoms with Gasteiger partial charge in [0.2, 0.25) is 0 Å². The smallest absolute Gasteiger partial charge is 0.129 e. The third-order valence-electron chi connectivity index (χ3n) is 7.11. The average molecular weight is 437 g/mol. The standard InChI is InChI=1S/C29H31F3/c1-20(23-5-3-2-4-6-23)17-27-28(31)18-25(19-29(27)32)24-13-9-21(10-14-24)7-8-22-11-15-26(30)16-12-22/h2-6,11-12,15-16,18-21,24H,7-10,13-14,17H2,1H3/t20-,21?,24?/m1/s1. The average Bonchev–Trinajstić information content (AvgIpc) is 2.81. The zero-order valence-electron chi connectivity index (χ0n) is 18.7. The maximum Gasteiger partial charge on any atom is 0.129 e. The Bertz CT molecular complexity index is 979. The monoisotopic (exact) mass is 436 g/mol. The van der Waals surface area contributed by atoms with Crippen molar-refractivity contribution in [1.82, 2.24) is 0 Å². The van der Waals surface area contributed by atoms with Crippen molar-refractivity contribution in [3.05, 3.63) is 106 Å². The van der Waals surface area contributed by atoms with Gasteiger partial charge < -0.3 is 0 Å². The van der Waals surface area contributed by atoms with E-state index in [1.807, 2.05) is 49.4 Å². The molecule has 3 aromatic carbocycles. The van der Waals surface area contributed by atoms with Gasteiger partial charge in [-0.1, -0.05) is 49.4 Å². The van der Waals surface area contributed by atoms with Crippen LogP contribution in [0.3, 0.4) is 0 Å². The van der Waals surface area contributed by atoms with Gasteiger partial charge in [0.05, 0.1) is 0 Å². The summed E-state index contributed by atoms with van der Waals surface area (Å²) in [7, 11) is 0. The molecule has 4 rings (SSSR count). The Morgan fingerprint density at radius 2 is 1.44 bits per heavy atom. The molecular formula is C29H31F3. The Balaban J connectivity index is 1.34. The molecule has 0 heterocycles. The van der Waals surface area contributed by atoms with Crippen LogP contribution >= 0.6 is 0 Å². The fourth-order valence-corrected chi connectivity index (χ4v) is 5.07. The number of hydrogen-bond acceptors (Lipinski definition) is 0. The van der Waals surface area contributed by atoms with E-state index >= 15 is 0 Å². The lowest BCUT2D eigenvalue weighted by Crippen LogP contribution is -2.15. The van der Waals surface area contributed by atoms with Crippen molar-refractivity contribution in [2.45, 2.75) is 63.7 Å². The first-order valence-electron chi connectivity index (χ1n) is 11.8. The van der Waals surface area contributed by atoms with E-state index in [1.54, 1.807) is 12.1 Å². The summed E-state index contributed by atoms with van der Waals surface area (Å²) in [4.78, 5) is 0. The molecule has 0 N–H and O–H groups in total. The summed E-state index contributed by atoms with van der Waals surface area (Å²) >= 11 is 0. The van der Waals surface area contributed by atoms with E-state index < -0.39 is 11.6 Å². The van der Waals surface area contributed by atoms with Gasteiger partial charge in [-0.25, -0.2) is 13.2 Å². The van der Waals surface area contributed by atoms with Gasteiger partial charge in [-0.05, 0) is 104 Å². The molecule has 168 valence electrons. The molecule has 1 fully saturated rings. The number of halogens is 3. The molecule has 0 bridgehead atoms. The van der Waals surface area contributed by atoms with E-state index in [0.29, 0.717) is 12.3 Å². The van der Waals surface area contributed by atoms with Gasteiger partial charge in [0.15, 0.2) is 0 Å².